The van der Waals surface area contributed by atoms with Gasteiger partial charge in [0.15, 0.2) is 0 Å². The van der Waals surface area contributed by atoms with Crippen LogP contribution in [0.1, 0.15) is 10.4 Å². The maximum Gasteiger partial charge on any atom is 0.255 e. The van der Waals surface area contributed by atoms with Gasteiger partial charge in [0.1, 0.15) is 0 Å². The molecule has 1 amide bonds. The average Bonchev–Trinajstić information content (AvgIpc) is 2.69. The fraction of sp³-hybridized carbons (Fsp3) is 0.227. The summed E-state index contributed by atoms with van der Waals surface area (Å²) in [5.74, 6) is -0.0719. The molecular formula is C22H23N3O. The second-order valence-corrected chi connectivity index (χ2v) is 6.82. The van der Waals surface area contributed by atoms with Gasteiger partial charge in [-0.15, -0.1) is 0 Å². The van der Waals surface area contributed by atoms with E-state index in [4.69, 9.17) is 0 Å². The molecule has 0 saturated carbocycles. The van der Waals surface area contributed by atoms with Crippen LogP contribution in [0.2, 0.25) is 0 Å². The Balaban J connectivity index is 1.57. The van der Waals surface area contributed by atoms with Crippen molar-refractivity contribution in [2.45, 2.75) is 0 Å². The van der Waals surface area contributed by atoms with E-state index >= 15 is 0 Å². The number of carbonyl (C=O) groups excluding carboxylic acids is 1. The third-order valence-electron chi connectivity index (χ3n) is 5.01. The topological polar surface area (TPSA) is 35.6 Å². The Morgan fingerprint density at radius 2 is 1.54 bits per heavy atom. The molecule has 0 spiro atoms. The highest BCUT2D eigenvalue weighted by Gasteiger charge is 2.18. The summed E-state index contributed by atoms with van der Waals surface area (Å²) >= 11 is 0. The zero-order valence-electron chi connectivity index (χ0n) is 15.0. The highest BCUT2D eigenvalue weighted by molar-refractivity contribution is 6.07. The number of hydrogen-bond acceptors (Lipinski definition) is 3. The number of carbonyl (C=O) groups is 1. The number of benzene rings is 3. The summed E-state index contributed by atoms with van der Waals surface area (Å²) in [6.07, 6.45) is 0. The molecule has 1 aliphatic heterocycles. The van der Waals surface area contributed by atoms with Gasteiger partial charge in [-0.25, -0.2) is 0 Å². The molecule has 0 bridgehead atoms. The van der Waals surface area contributed by atoms with Crippen LogP contribution in [0.5, 0.6) is 0 Å². The molecule has 132 valence electrons. The van der Waals surface area contributed by atoms with Gasteiger partial charge in [-0.3, -0.25) is 4.79 Å². The summed E-state index contributed by atoms with van der Waals surface area (Å²) in [6.45, 7) is 4.01. The van der Waals surface area contributed by atoms with E-state index in [9.17, 15) is 4.79 Å². The summed E-state index contributed by atoms with van der Waals surface area (Å²) in [7, 11) is 2.14. The highest BCUT2D eigenvalue weighted by Crippen LogP contribution is 2.27. The molecule has 0 aromatic heterocycles. The Morgan fingerprint density at radius 1 is 0.846 bits per heavy atom. The third-order valence-corrected chi connectivity index (χ3v) is 5.01. The van der Waals surface area contributed by atoms with Gasteiger partial charge in [-0.2, -0.15) is 0 Å². The van der Waals surface area contributed by atoms with Crippen LogP contribution >= 0.6 is 0 Å². The van der Waals surface area contributed by atoms with E-state index in [1.807, 2.05) is 54.6 Å². The minimum absolute atomic E-state index is 0.0719. The normalized spacial score (nSPS) is 15.2. The number of anilines is 2. The van der Waals surface area contributed by atoms with Crippen molar-refractivity contribution < 1.29 is 4.79 Å². The van der Waals surface area contributed by atoms with Gasteiger partial charge in [0.25, 0.3) is 5.91 Å². The van der Waals surface area contributed by atoms with Crippen LogP contribution in [0.4, 0.5) is 11.4 Å². The lowest BCUT2D eigenvalue weighted by Crippen LogP contribution is -2.44. The van der Waals surface area contributed by atoms with Crippen LogP contribution < -0.4 is 10.2 Å². The van der Waals surface area contributed by atoms with E-state index in [2.05, 4.69) is 34.3 Å². The van der Waals surface area contributed by atoms with Crippen LogP contribution in [-0.2, 0) is 0 Å². The lowest BCUT2D eigenvalue weighted by atomic mass is 10.1. The molecule has 3 aromatic carbocycles. The molecule has 1 aliphatic rings. The van der Waals surface area contributed by atoms with Crippen LogP contribution in [0.25, 0.3) is 10.8 Å². The highest BCUT2D eigenvalue weighted by atomic mass is 16.1. The third kappa shape index (κ3) is 3.41. The lowest BCUT2D eigenvalue weighted by molar-refractivity contribution is 0.102. The standard InChI is InChI=1S/C22H23N3O/c1-24-12-14-25(15-13-24)21-9-5-4-8-20(21)23-22(26)19-11-10-17-6-2-3-7-18(17)16-19/h2-11,16H,12-15H2,1H3,(H,23,26). The number of para-hydroxylation sites is 2. The molecule has 26 heavy (non-hydrogen) atoms. The largest absolute Gasteiger partial charge is 0.367 e. The van der Waals surface area contributed by atoms with Crippen molar-refractivity contribution >= 4 is 28.1 Å². The second kappa shape index (κ2) is 7.18. The zero-order valence-corrected chi connectivity index (χ0v) is 15.0. The number of amides is 1. The Hall–Kier alpha value is -2.85. The minimum atomic E-state index is -0.0719. The maximum absolute atomic E-state index is 12.8. The molecule has 4 heteroatoms. The number of likely N-dealkylation sites (N-methyl/N-ethyl adjacent to an activating group) is 1. The minimum Gasteiger partial charge on any atom is -0.367 e. The molecule has 1 heterocycles. The zero-order chi connectivity index (χ0) is 17.9. The maximum atomic E-state index is 12.8. The fourth-order valence-electron chi connectivity index (χ4n) is 3.43. The SMILES string of the molecule is CN1CCN(c2ccccc2NC(=O)c2ccc3ccccc3c2)CC1. The fourth-order valence-corrected chi connectivity index (χ4v) is 3.43. The van der Waals surface area contributed by atoms with Crippen molar-refractivity contribution in [3.8, 4) is 0 Å². The average molecular weight is 345 g/mol. The van der Waals surface area contributed by atoms with Crippen molar-refractivity contribution in [3.05, 3.63) is 72.3 Å². The first-order valence-corrected chi connectivity index (χ1v) is 9.03. The first-order valence-electron chi connectivity index (χ1n) is 9.03. The number of nitrogens with one attached hydrogen (secondary N) is 1. The summed E-state index contributed by atoms with van der Waals surface area (Å²) < 4.78 is 0. The van der Waals surface area contributed by atoms with Gasteiger partial charge in [-0.05, 0) is 42.1 Å². The number of hydrogen-bond donors (Lipinski definition) is 1. The first-order chi connectivity index (χ1) is 12.7. The predicted octanol–water partition coefficient (Wildman–Crippen LogP) is 3.84. The number of rotatable bonds is 3. The predicted molar refractivity (Wildman–Crippen MR) is 108 cm³/mol. The van der Waals surface area contributed by atoms with E-state index in [0.29, 0.717) is 5.56 Å². The van der Waals surface area contributed by atoms with Gasteiger partial charge in [0.05, 0.1) is 11.4 Å². The molecule has 1 fully saturated rings. The van der Waals surface area contributed by atoms with Crippen molar-refractivity contribution in [1.29, 1.82) is 0 Å². The van der Waals surface area contributed by atoms with Crippen LogP contribution in [0, 0.1) is 0 Å². The molecule has 0 atom stereocenters. The molecule has 4 nitrogen and oxygen atoms in total. The molecule has 0 unspecified atom stereocenters. The van der Waals surface area contributed by atoms with Gasteiger partial charge < -0.3 is 15.1 Å². The number of fused-ring (bicyclic) bond motifs is 1. The van der Waals surface area contributed by atoms with E-state index in [1.165, 1.54) is 0 Å². The van der Waals surface area contributed by atoms with Crippen molar-refractivity contribution in [1.82, 2.24) is 4.90 Å². The number of piperazine rings is 1. The van der Waals surface area contributed by atoms with E-state index in [0.717, 1.165) is 48.3 Å². The van der Waals surface area contributed by atoms with E-state index < -0.39 is 0 Å². The Morgan fingerprint density at radius 3 is 2.35 bits per heavy atom. The van der Waals surface area contributed by atoms with Crippen LogP contribution in [0.3, 0.4) is 0 Å². The molecule has 1 saturated heterocycles. The summed E-state index contributed by atoms with van der Waals surface area (Å²) in [4.78, 5) is 17.5. The Labute approximate surface area is 154 Å². The van der Waals surface area contributed by atoms with Crippen LogP contribution in [-0.4, -0.2) is 44.0 Å². The van der Waals surface area contributed by atoms with Gasteiger partial charge in [0.2, 0.25) is 0 Å². The van der Waals surface area contributed by atoms with Crippen LogP contribution in [0.15, 0.2) is 66.7 Å². The monoisotopic (exact) mass is 345 g/mol. The van der Waals surface area contributed by atoms with Crippen molar-refractivity contribution in [2.24, 2.45) is 0 Å². The second-order valence-electron chi connectivity index (χ2n) is 6.82. The van der Waals surface area contributed by atoms with Gasteiger partial charge >= 0.3 is 0 Å². The Kier molecular flexibility index (Phi) is 4.59. The molecule has 4 rings (SSSR count). The smallest absolute Gasteiger partial charge is 0.255 e. The van der Waals surface area contributed by atoms with Gasteiger partial charge in [0, 0.05) is 31.7 Å². The number of nitrogens with zero attached hydrogens (tertiary/aromatic N) is 2. The van der Waals surface area contributed by atoms with E-state index in [1.54, 1.807) is 0 Å². The Bertz CT molecular complexity index is 929. The quantitative estimate of drug-likeness (QED) is 0.783. The molecule has 3 aromatic rings. The van der Waals surface area contributed by atoms with E-state index in [-0.39, 0.29) is 5.91 Å². The van der Waals surface area contributed by atoms with Crippen molar-refractivity contribution in [3.63, 3.8) is 0 Å². The summed E-state index contributed by atoms with van der Waals surface area (Å²) in [5.41, 5.74) is 2.64. The lowest BCUT2D eigenvalue weighted by Gasteiger charge is -2.35. The molecular weight excluding hydrogens is 322 g/mol. The molecule has 0 radical (unpaired) electrons. The van der Waals surface area contributed by atoms with Gasteiger partial charge in [-0.1, -0.05) is 42.5 Å². The molecule has 1 N–H and O–H groups in total. The first kappa shape index (κ1) is 16.6. The summed E-state index contributed by atoms with van der Waals surface area (Å²) in [6, 6.07) is 22.0. The molecule has 0 aliphatic carbocycles. The summed E-state index contributed by atoms with van der Waals surface area (Å²) in [5, 5.41) is 5.32. The van der Waals surface area contributed by atoms with Crippen molar-refractivity contribution in [2.75, 3.05) is 43.4 Å².